The van der Waals surface area contributed by atoms with Crippen LogP contribution in [-0.4, -0.2) is 18.1 Å². The van der Waals surface area contributed by atoms with E-state index in [4.69, 9.17) is 4.74 Å². The first-order chi connectivity index (χ1) is 9.76. The van der Waals surface area contributed by atoms with Gasteiger partial charge in [0.05, 0.1) is 19.3 Å². The van der Waals surface area contributed by atoms with Crippen molar-refractivity contribution in [1.82, 2.24) is 5.32 Å². The Labute approximate surface area is 118 Å². The van der Waals surface area contributed by atoms with Crippen molar-refractivity contribution in [3.63, 3.8) is 0 Å². The number of amides is 1. The number of carbonyl (C=O) groups excluding carboxylic acids is 1. The van der Waals surface area contributed by atoms with Crippen molar-refractivity contribution in [1.29, 1.82) is 0 Å². The van der Waals surface area contributed by atoms with Gasteiger partial charge in [0.15, 0.2) is 0 Å². The van der Waals surface area contributed by atoms with Crippen LogP contribution < -0.4 is 10.1 Å². The molecule has 4 heteroatoms. The minimum absolute atomic E-state index is 0.0410. The Morgan fingerprint density at radius 2 is 1.75 bits per heavy atom. The van der Waals surface area contributed by atoms with E-state index in [2.05, 4.69) is 5.32 Å². The Balaban J connectivity index is 2.09. The Morgan fingerprint density at radius 3 is 2.45 bits per heavy atom. The number of ether oxygens (including phenoxy) is 1. The molecule has 2 aromatic carbocycles. The average molecular weight is 271 g/mol. The van der Waals surface area contributed by atoms with Gasteiger partial charge in [-0.15, -0.1) is 0 Å². The van der Waals surface area contributed by atoms with Crippen LogP contribution in [0.4, 0.5) is 0 Å². The normalized spacial score (nSPS) is 10.1. The fraction of sp³-hybridized carbons (Fsp3) is 0.188. The second kappa shape index (κ2) is 6.73. The summed E-state index contributed by atoms with van der Waals surface area (Å²) in [5.41, 5.74) is 2.21. The lowest BCUT2D eigenvalue weighted by molar-refractivity contribution is 0.0947. The van der Waals surface area contributed by atoms with Gasteiger partial charge in [-0.3, -0.25) is 4.79 Å². The average Bonchev–Trinajstić information content (AvgIpc) is 2.52. The summed E-state index contributed by atoms with van der Waals surface area (Å²) in [6.45, 7) is 0.328. The molecule has 0 saturated carbocycles. The summed E-state index contributed by atoms with van der Waals surface area (Å²) in [6, 6.07) is 14.5. The molecule has 0 aliphatic carbocycles. The molecule has 0 radical (unpaired) electrons. The molecule has 0 aromatic heterocycles. The van der Waals surface area contributed by atoms with Gasteiger partial charge >= 0.3 is 0 Å². The fourth-order valence-electron chi connectivity index (χ4n) is 1.99. The quantitative estimate of drug-likeness (QED) is 0.875. The molecule has 0 fully saturated rings. The number of hydrogen-bond acceptors (Lipinski definition) is 3. The van der Waals surface area contributed by atoms with E-state index in [1.54, 1.807) is 18.2 Å². The maximum atomic E-state index is 12.1. The smallest absolute Gasteiger partial charge is 0.255 e. The van der Waals surface area contributed by atoms with E-state index in [9.17, 15) is 9.90 Å². The van der Waals surface area contributed by atoms with Crippen molar-refractivity contribution in [2.75, 3.05) is 7.11 Å². The van der Waals surface area contributed by atoms with E-state index in [-0.39, 0.29) is 12.5 Å². The van der Waals surface area contributed by atoms with Gasteiger partial charge < -0.3 is 15.2 Å². The summed E-state index contributed by atoms with van der Waals surface area (Å²) in [5, 5.41) is 12.1. The number of carbonyl (C=O) groups is 1. The molecule has 0 aliphatic rings. The zero-order chi connectivity index (χ0) is 14.4. The number of aliphatic hydroxyl groups excluding tert-OH is 1. The predicted octanol–water partition coefficient (Wildman–Crippen LogP) is 2.12. The second-order valence-electron chi connectivity index (χ2n) is 4.31. The topological polar surface area (TPSA) is 58.6 Å². The van der Waals surface area contributed by atoms with Gasteiger partial charge in [-0.05, 0) is 23.3 Å². The van der Waals surface area contributed by atoms with Gasteiger partial charge in [-0.1, -0.05) is 36.4 Å². The molecular weight excluding hydrogens is 254 g/mol. The molecule has 0 bridgehead atoms. The first-order valence-corrected chi connectivity index (χ1v) is 6.35. The van der Waals surface area contributed by atoms with Crippen LogP contribution >= 0.6 is 0 Å². The highest BCUT2D eigenvalue weighted by Crippen LogP contribution is 2.17. The Bertz CT molecular complexity index is 596. The number of benzene rings is 2. The molecule has 0 atom stereocenters. The minimum Gasteiger partial charge on any atom is -0.496 e. The Kier molecular flexibility index (Phi) is 4.74. The van der Waals surface area contributed by atoms with Crippen LogP contribution in [0.1, 0.15) is 21.5 Å². The van der Waals surface area contributed by atoms with Gasteiger partial charge in [0, 0.05) is 6.54 Å². The Morgan fingerprint density at radius 1 is 1.10 bits per heavy atom. The monoisotopic (exact) mass is 271 g/mol. The summed E-state index contributed by atoms with van der Waals surface area (Å²) in [6.07, 6.45) is 0. The molecule has 0 saturated heterocycles. The molecule has 4 nitrogen and oxygen atoms in total. The maximum Gasteiger partial charge on any atom is 0.255 e. The van der Waals surface area contributed by atoms with Crippen LogP contribution in [0, 0.1) is 0 Å². The first kappa shape index (κ1) is 14.1. The number of rotatable bonds is 5. The second-order valence-corrected chi connectivity index (χ2v) is 4.31. The number of methoxy groups -OCH3 is 1. The highest BCUT2D eigenvalue weighted by atomic mass is 16.5. The van der Waals surface area contributed by atoms with E-state index >= 15 is 0 Å². The number of nitrogens with one attached hydrogen (secondary N) is 1. The van der Waals surface area contributed by atoms with E-state index in [1.165, 1.54) is 7.11 Å². The number of hydrogen-bond donors (Lipinski definition) is 2. The van der Waals surface area contributed by atoms with Crippen LogP contribution in [0.15, 0.2) is 48.5 Å². The van der Waals surface area contributed by atoms with Crippen molar-refractivity contribution in [2.24, 2.45) is 0 Å². The van der Waals surface area contributed by atoms with Crippen LogP contribution in [0.2, 0.25) is 0 Å². The molecular formula is C16H17NO3. The van der Waals surface area contributed by atoms with Crippen molar-refractivity contribution in [2.45, 2.75) is 13.2 Å². The van der Waals surface area contributed by atoms with E-state index < -0.39 is 0 Å². The lowest BCUT2D eigenvalue weighted by Gasteiger charge is -2.11. The summed E-state index contributed by atoms with van der Waals surface area (Å²) < 4.78 is 5.16. The first-order valence-electron chi connectivity index (χ1n) is 6.35. The van der Waals surface area contributed by atoms with Crippen molar-refractivity contribution in [3.05, 3.63) is 65.2 Å². The third kappa shape index (κ3) is 3.16. The number of para-hydroxylation sites is 1. The zero-order valence-electron chi connectivity index (χ0n) is 11.3. The molecule has 2 N–H and O–H groups in total. The highest BCUT2D eigenvalue weighted by Gasteiger charge is 2.11. The van der Waals surface area contributed by atoms with Gasteiger partial charge in [0.2, 0.25) is 0 Å². The predicted molar refractivity (Wildman–Crippen MR) is 76.5 cm³/mol. The fourth-order valence-corrected chi connectivity index (χ4v) is 1.99. The molecule has 20 heavy (non-hydrogen) atoms. The third-order valence-electron chi connectivity index (χ3n) is 3.08. The molecule has 1 amide bonds. The standard InChI is InChI=1S/C16H17NO3/c1-20-15-9-5-4-8-14(15)16(19)17-10-12-6-2-3-7-13(12)11-18/h2-9,18H,10-11H2,1H3,(H,17,19). The van der Waals surface area contributed by atoms with Crippen molar-refractivity contribution < 1.29 is 14.6 Å². The third-order valence-corrected chi connectivity index (χ3v) is 3.08. The Hall–Kier alpha value is -2.33. The van der Waals surface area contributed by atoms with E-state index in [1.807, 2.05) is 30.3 Å². The van der Waals surface area contributed by atoms with Crippen LogP contribution in [0.3, 0.4) is 0 Å². The molecule has 0 aliphatic heterocycles. The minimum atomic E-state index is -0.199. The molecule has 0 heterocycles. The molecule has 0 unspecified atom stereocenters. The molecule has 2 aromatic rings. The molecule has 0 spiro atoms. The van der Waals surface area contributed by atoms with Crippen LogP contribution in [-0.2, 0) is 13.2 Å². The maximum absolute atomic E-state index is 12.1. The lowest BCUT2D eigenvalue weighted by Crippen LogP contribution is -2.23. The SMILES string of the molecule is COc1ccccc1C(=O)NCc1ccccc1CO. The summed E-state index contributed by atoms with van der Waals surface area (Å²) >= 11 is 0. The highest BCUT2D eigenvalue weighted by molar-refractivity contribution is 5.96. The zero-order valence-corrected chi connectivity index (χ0v) is 11.3. The number of aliphatic hydroxyl groups is 1. The lowest BCUT2D eigenvalue weighted by atomic mass is 10.1. The van der Waals surface area contributed by atoms with E-state index in [0.717, 1.165) is 11.1 Å². The summed E-state index contributed by atoms with van der Waals surface area (Å²) in [7, 11) is 1.53. The van der Waals surface area contributed by atoms with Gasteiger partial charge in [0.1, 0.15) is 5.75 Å². The van der Waals surface area contributed by atoms with Crippen LogP contribution in [0.5, 0.6) is 5.75 Å². The van der Waals surface area contributed by atoms with Crippen LogP contribution in [0.25, 0.3) is 0 Å². The molecule has 104 valence electrons. The van der Waals surface area contributed by atoms with E-state index in [0.29, 0.717) is 17.9 Å². The van der Waals surface area contributed by atoms with Crippen molar-refractivity contribution >= 4 is 5.91 Å². The summed E-state index contributed by atoms with van der Waals surface area (Å²) in [5.74, 6) is 0.343. The largest absolute Gasteiger partial charge is 0.496 e. The van der Waals surface area contributed by atoms with Gasteiger partial charge in [-0.2, -0.15) is 0 Å². The molecule has 2 rings (SSSR count). The summed E-state index contributed by atoms with van der Waals surface area (Å²) in [4.78, 5) is 12.1. The van der Waals surface area contributed by atoms with Gasteiger partial charge in [0.25, 0.3) is 5.91 Å². The van der Waals surface area contributed by atoms with Crippen molar-refractivity contribution in [3.8, 4) is 5.75 Å². The van der Waals surface area contributed by atoms with Gasteiger partial charge in [-0.25, -0.2) is 0 Å².